The first-order valence-corrected chi connectivity index (χ1v) is 6.33. The van der Waals surface area contributed by atoms with Crippen molar-refractivity contribution in [3.8, 4) is 0 Å². The van der Waals surface area contributed by atoms with Crippen LogP contribution < -0.4 is 5.73 Å². The number of hydrogen-bond donors (Lipinski definition) is 1. The number of carbonyl (C=O) groups excluding carboxylic acids is 1. The molecule has 1 atom stereocenters. The maximum Gasteiger partial charge on any atom is 0.405 e. The van der Waals surface area contributed by atoms with Gasteiger partial charge in [-0.2, -0.15) is 0 Å². The molecule has 0 radical (unpaired) electrons. The smallest absolute Gasteiger partial charge is 0.405 e. The van der Waals surface area contributed by atoms with Gasteiger partial charge in [0, 0.05) is 5.56 Å². The van der Waals surface area contributed by atoms with Crippen LogP contribution >= 0.6 is 15.9 Å². The van der Waals surface area contributed by atoms with Crippen molar-refractivity contribution in [3.05, 3.63) is 69.9 Å². The second-order valence-corrected chi connectivity index (χ2v) is 4.76. The van der Waals surface area contributed by atoms with Gasteiger partial charge >= 0.3 is 6.09 Å². The van der Waals surface area contributed by atoms with E-state index < -0.39 is 18.0 Å². The molecule has 0 aliphatic heterocycles. The normalized spacial score (nSPS) is 11.9. The van der Waals surface area contributed by atoms with Gasteiger partial charge in [0.2, 0.25) is 0 Å². The summed E-state index contributed by atoms with van der Waals surface area (Å²) in [5.41, 5.74) is 6.32. The van der Waals surface area contributed by atoms with Gasteiger partial charge in [-0.25, -0.2) is 9.18 Å². The topological polar surface area (TPSA) is 52.3 Å². The molecule has 0 saturated heterocycles. The van der Waals surface area contributed by atoms with Gasteiger partial charge in [0.05, 0.1) is 4.47 Å². The number of rotatable bonds is 3. The van der Waals surface area contributed by atoms with E-state index in [0.29, 0.717) is 10.0 Å². The molecule has 0 spiro atoms. The molecule has 3 nitrogen and oxygen atoms in total. The lowest BCUT2D eigenvalue weighted by atomic mass is 10.0. The predicted octanol–water partition coefficient (Wildman–Crippen LogP) is 3.77. The highest BCUT2D eigenvalue weighted by Crippen LogP contribution is 2.28. The fourth-order valence-electron chi connectivity index (χ4n) is 1.75. The molecule has 0 aromatic heterocycles. The van der Waals surface area contributed by atoms with E-state index in [1.165, 1.54) is 6.07 Å². The van der Waals surface area contributed by atoms with Crippen LogP contribution in [0, 0.1) is 5.82 Å². The highest BCUT2D eigenvalue weighted by molar-refractivity contribution is 9.10. The Kier molecular flexibility index (Phi) is 4.16. The van der Waals surface area contributed by atoms with Crippen LogP contribution in [0.2, 0.25) is 0 Å². The summed E-state index contributed by atoms with van der Waals surface area (Å²) in [4.78, 5) is 11.0. The highest BCUT2D eigenvalue weighted by Gasteiger charge is 2.18. The third-order valence-electron chi connectivity index (χ3n) is 2.58. The minimum atomic E-state index is -0.905. The van der Waals surface area contributed by atoms with Crippen molar-refractivity contribution in [3.63, 3.8) is 0 Å². The first-order chi connectivity index (χ1) is 9.08. The molecule has 1 amide bonds. The van der Waals surface area contributed by atoms with Gasteiger partial charge in [-0.15, -0.1) is 0 Å². The number of primary amides is 1. The Balaban J connectivity index is 2.42. The van der Waals surface area contributed by atoms with Crippen molar-refractivity contribution in [1.82, 2.24) is 0 Å². The van der Waals surface area contributed by atoms with Gasteiger partial charge in [0.15, 0.2) is 6.10 Å². The Morgan fingerprint density at radius 2 is 1.84 bits per heavy atom. The summed E-state index contributed by atoms with van der Waals surface area (Å²) in [6.07, 6.45) is -1.63. The molecule has 1 unspecified atom stereocenters. The van der Waals surface area contributed by atoms with Crippen molar-refractivity contribution >= 4 is 22.0 Å². The number of ether oxygens (including phenoxy) is 1. The number of nitrogens with two attached hydrogens (primary N) is 1. The van der Waals surface area contributed by atoms with E-state index in [9.17, 15) is 9.18 Å². The van der Waals surface area contributed by atoms with Crippen molar-refractivity contribution in [2.75, 3.05) is 0 Å². The van der Waals surface area contributed by atoms with Crippen LogP contribution in [0.25, 0.3) is 0 Å². The van der Waals surface area contributed by atoms with Gasteiger partial charge in [0.25, 0.3) is 0 Å². The molecule has 0 aliphatic carbocycles. The summed E-state index contributed by atoms with van der Waals surface area (Å²) in [7, 11) is 0. The molecule has 0 heterocycles. The van der Waals surface area contributed by atoms with Gasteiger partial charge in [-0.1, -0.05) is 36.4 Å². The number of amides is 1. The SMILES string of the molecule is NC(=O)OC(c1ccccc1)c1ccc(Br)c(F)c1. The summed E-state index contributed by atoms with van der Waals surface area (Å²) in [5, 5.41) is 0. The zero-order valence-electron chi connectivity index (χ0n) is 9.85. The van der Waals surface area contributed by atoms with Crippen LogP contribution in [-0.2, 0) is 4.74 Å². The fourth-order valence-corrected chi connectivity index (χ4v) is 1.99. The van der Waals surface area contributed by atoms with E-state index >= 15 is 0 Å². The summed E-state index contributed by atoms with van der Waals surface area (Å²) in [6, 6.07) is 13.6. The molecule has 0 saturated carbocycles. The van der Waals surface area contributed by atoms with Gasteiger partial charge in [0.1, 0.15) is 5.82 Å². The van der Waals surface area contributed by atoms with Crippen LogP contribution in [0.4, 0.5) is 9.18 Å². The summed E-state index contributed by atoms with van der Waals surface area (Å²) in [5.74, 6) is -0.425. The quantitative estimate of drug-likeness (QED) is 0.934. The summed E-state index contributed by atoms with van der Waals surface area (Å²) >= 11 is 3.08. The Bertz CT molecular complexity index is 589. The third-order valence-corrected chi connectivity index (χ3v) is 3.23. The standard InChI is InChI=1S/C14H11BrFNO2/c15-11-7-6-10(8-12(11)16)13(19-14(17)18)9-4-2-1-3-5-9/h1-8,13H,(H2,17,18). The Morgan fingerprint density at radius 3 is 2.42 bits per heavy atom. The third kappa shape index (κ3) is 3.32. The molecule has 0 fully saturated rings. The second-order valence-electron chi connectivity index (χ2n) is 3.90. The molecular weight excluding hydrogens is 313 g/mol. The van der Waals surface area contributed by atoms with E-state index in [1.54, 1.807) is 24.3 Å². The average molecular weight is 324 g/mol. The number of halogens is 2. The zero-order valence-corrected chi connectivity index (χ0v) is 11.4. The van der Waals surface area contributed by atoms with Crippen LogP contribution in [0.5, 0.6) is 0 Å². The lowest BCUT2D eigenvalue weighted by molar-refractivity contribution is 0.126. The predicted molar refractivity (Wildman–Crippen MR) is 73.1 cm³/mol. The monoisotopic (exact) mass is 323 g/mol. The van der Waals surface area contributed by atoms with Gasteiger partial charge < -0.3 is 10.5 Å². The lowest BCUT2D eigenvalue weighted by Crippen LogP contribution is -2.18. The molecule has 2 aromatic rings. The zero-order chi connectivity index (χ0) is 13.8. The summed E-state index contributed by atoms with van der Waals surface area (Å²) < 4.78 is 19.0. The Morgan fingerprint density at radius 1 is 1.16 bits per heavy atom. The van der Waals surface area contributed by atoms with Crippen LogP contribution in [0.3, 0.4) is 0 Å². The summed E-state index contributed by atoms with van der Waals surface area (Å²) in [6.45, 7) is 0. The van der Waals surface area contributed by atoms with Crippen LogP contribution in [-0.4, -0.2) is 6.09 Å². The average Bonchev–Trinajstić information content (AvgIpc) is 2.40. The van der Waals surface area contributed by atoms with Gasteiger partial charge in [-0.05, 0) is 33.6 Å². The molecule has 2 N–H and O–H groups in total. The molecule has 5 heteroatoms. The number of carbonyl (C=O) groups is 1. The van der Waals surface area contributed by atoms with Gasteiger partial charge in [-0.3, -0.25) is 0 Å². The van der Waals surface area contributed by atoms with E-state index in [0.717, 1.165) is 5.56 Å². The first-order valence-electron chi connectivity index (χ1n) is 5.54. The first kappa shape index (κ1) is 13.5. The molecule has 0 aliphatic rings. The van der Waals surface area contributed by atoms with Crippen molar-refractivity contribution in [1.29, 1.82) is 0 Å². The molecule has 0 bridgehead atoms. The number of benzene rings is 2. The van der Waals surface area contributed by atoms with Crippen molar-refractivity contribution in [2.24, 2.45) is 5.73 Å². The van der Waals surface area contributed by atoms with Crippen LogP contribution in [0.1, 0.15) is 17.2 Å². The Hall–Kier alpha value is -1.88. The molecule has 19 heavy (non-hydrogen) atoms. The van der Waals surface area contributed by atoms with Crippen molar-refractivity contribution < 1.29 is 13.9 Å². The van der Waals surface area contributed by atoms with Crippen LogP contribution in [0.15, 0.2) is 53.0 Å². The molecule has 2 rings (SSSR count). The highest BCUT2D eigenvalue weighted by atomic mass is 79.9. The largest absolute Gasteiger partial charge is 0.437 e. The maximum atomic E-state index is 13.6. The second kappa shape index (κ2) is 5.84. The van der Waals surface area contributed by atoms with E-state index in [-0.39, 0.29) is 0 Å². The molecular formula is C14H11BrFNO2. The minimum absolute atomic E-state index is 0.349. The van der Waals surface area contributed by atoms with E-state index in [1.807, 2.05) is 18.2 Å². The van der Waals surface area contributed by atoms with E-state index in [4.69, 9.17) is 10.5 Å². The minimum Gasteiger partial charge on any atom is -0.437 e. The Labute approximate surface area is 118 Å². The van der Waals surface area contributed by atoms with E-state index in [2.05, 4.69) is 15.9 Å². The fraction of sp³-hybridized carbons (Fsp3) is 0.0714. The van der Waals surface area contributed by atoms with Crippen molar-refractivity contribution in [2.45, 2.75) is 6.10 Å². The molecule has 2 aromatic carbocycles. The number of hydrogen-bond acceptors (Lipinski definition) is 2. The maximum absolute atomic E-state index is 13.6. The molecule has 98 valence electrons. The lowest BCUT2D eigenvalue weighted by Gasteiger charge is -2.17.